The number of benzene rings is 1. The van der Waals surface area contributed by atoms with Crippen LogP contribution in [0.4, 0.5) is 0 Å². The Morgan fingerprint density at radius 1 is 1.36 bits per heavy atom. The largest absolute Gasteiger partial charge is 0.493 e. The van der Waals surface area contributed by atoms with Crippen LogP contribution in [0, 0.1) is 0 Å². The number of halogens is 1. The molecular weight excluding hydrogens is 310 g/mol. The van der Waals surface area contributed by atoms with E-state index in [2.05, 4.69) is 10.1 Å². The van der Waals surface area contributed by atoms with Gasteiger partial charge in [-0.2, -0.15) is 9.61 Å². The molecule has 0 bridgehead atoms. The van der Waals surface area contributed by atoms with Crippen LogP contribution in [-0.2, 0) is 6.42 Å². The lowest BCUT2D eigenvalue weighted by Crippen LogP contribution is -2.17. The van der Waals surface area contributed by atoms with E-state index in [1.54, 1.807) is 24.3 Å². The zero-order chi connectivity index (χ0) is 15.9. The molecule has 0 aliphatic heterocycles. The lowest BCUT2D eigenvalue weighted by atomic mass is 10.1. The Bertz CT molecular complexity index is 945. The number of carboxylic acids is 1. The zero-order valence-corrected chi connectivity index (χ0v) is 11.8. The fraction of sp³-hybridized carbons (Fsp3) is 0.0714. The van der Waals surface area contributed by atoms with E-state index in [9.17, 15) is 14.7 Å². The molecule has 0 spiro atoms. The van der Waals surface area contributed by atoms with Gasteiger partial charge in [0.2, 0.25) is 5.88 Å². The van der Waals surface area contributed by atoms with Gasteiger partial charge in [-0.1, -0.05) is 29.8 Å². The number of carboxylic acid groups (broad SMARTS) is 1. The lowest BCUT2D eigenvalue weighted by molar-refractivity contribution is 0.0698. The van der Waals surface area contributed by atoms with E-state index < -0.39 is 17.4 Å². The fourth-order valence-electron chi connectivity index (χ4n) is 2.19. The highest BCUT2D eigenvalue weighted by molar-refractivity contribution is 6.31. The molecule has 0 amide bonds. The van der Waals surface area contributed by atoms with Gasteiger partial charge >= 0.3 is 5.97 Å². The Balaban J connectivity index is 2.18. The number of hydrogen-bond acceptors (Lipinski definition) is 4. The van der Waals surface area contributed by atoms with Crippen molar-refractivity contribution in [2.45, 2.75) is 6.42 Å². The molecule has 3 aromatic rings. The Morgan fingerprint density at radius 3 is 2.77 bits per heavy atom. The summed E-state index contributed by atoms with van der Waals surface area (Å²) >= 11 is 6.05. The van der Waals surface area contributed by atoms with Crippen LogP contribution in [0.25, 0.3) is 5.65 Å². The molecule has 7 nitrogen and oxygen atoms in total. The quantitative estimate of drug-likeness (QED) is 0.680. The number of hydrogen-bond donors (Lipinski definition) is 3. The van der Waals surface area contributed by atoms with E-state index in [1.165, 1.54) is 0 Å². The van der Waals surface area contributed by atoms with Crippen LogP contribution in [-0.4, -0.2) is 30.8 Å². The van der Waals surface area contributed by atoms with Crippen molar-refractivity contribution in [1.82, 2.24) is 14.6 Å². The molecule has 1 aromatic carbocycles. The normalized spacial score (nSPS) is 11.0. The SMILES string of the molecule is O=C(O)c1cnn2c(O)c(Cc3ccccc3Cl)c(=O)[nH]c12. The minimum Gasteiger partial charge on any atom is -0.493 e. The number of rotatable bonds is 3. The molecule has 112 valence electrons. The van der Waals surface area contributed by atoms with Gasteiger partial charge in [-0.25, -0.2) is 4.79 Å². The second-order valence-corrected chi connectivity index (χ2v) is 5.06. The van der Waals surface area contributed by atoms with Gasteiger partial charge in [0.05, 0.1) is 11.8 Å². The monoisotopic (exact) mass is 319 g/mol. The van der Waals surface area contributed by atoms with Crippen LogP contribution in [0.1, 0.15) is 21.5 Å². The molecule has 0 atom stereocenters. The molecule has 8 heteroatoms. The highest BCUT2D eigenvalue weighted by atomic mass is 35.5. The number of aromatic nitrogens is 3. The molecule has 22 heavy (non-hydrogen) atoms. The molecule has 2 heterocycles. The fourth-order valence-corrected chi connectivity index (χ4v) is 2.39. The number of nitrogens with one attached hydrogen (secondary N) is 1. The molecule has 0 fully saturated rings. The summed E-state index contributed by atoms with van der Waals surface area (Å²) in [6.45, 7) is 0. The second kappa shape index (κ2) is 5.19. The summed E-state index contributed by atoms with van der Waals surface area (Å²) in [4.78, 5) is 25.6. The van der Waals surface area contributed by atoms with Crippen LogP contribution in [0.5, 0.6) is 5.88 Å². The van der Waals surface area contributed by atoms with Crippen molar-refractivity contribution in [1.29, 1.82) is 0 Å². The maximum absolute atomic E-state index is 12.1. The number of aromatic carboxylic acids is 1. The van der Waals surface area contributed by atoms with Crippen molar-refractivity contribution in [3.63, 3.8) is 0 Å². The minimum atomic E-state index is -1.25. The Morgan fingerprint density at radius 2 is 2.09 bits per heavy atom. The smallest absolute Gasteiger partial charge is 0.341 e. The van der Waals surface area contributed by atoms with Crippen molar-refractivity contribution in [3.8, 4) is 5.88 Å². The molecule has 0 radical (unpaired) electrons. The van der Waals surface area contributed by atoms with Crippen LogP contribution in [0.3, 0.4) is 0 Å². The van der Waals surface area contributed by atoms with Gasteiger partial charge in [-0.3, -0.25) is 4.79 Å². The third kappa shape index (κ3) is 2.21. The van der Waals surface area contributed by atoms with Crippen LogP contribution < -0.4 is 5.56 Å². The maximum atomic E-state index is 12.1. The predicted molar refractivity (Wildman–Crippen MR) is 78.7 cm³/mol. The van der Waals surface area contributed by atoms with Crippen LogP contribution in [0.15, 0.2) is 35.3 Å². The summed E-state index contributed by atoms with van der Waals surface area (Å²) in [6, 6.07) is 6.93. The molecule has 0 aliphatic carbocycles. The van der Waals surface area contributed by atoms with Gasteiger partial charge in [-0.15, -0.1) is 0 Å². The molecular formula is C14H10ClN3O4. The van der Waals surface area contributed by atoms with Crippen molar-refractivity contribution < 1.29 is 15.0 Å². The molecule has 0 aliphatic rings. The van der Waals surface area contributed by atoms with E-state index in [-0.39, 0.29) is 23.2 Å². The number of aromatic hydroxyl groups is 1. The number of fused-ring (bicyclic) bond motifs is 1. The summed E-state index contributed by atoms with van der Waals surface area (Å²) in [5.41, 5.74) is -0.141. The summed E-state index contributed by atoms with van der Waals surface area (Å²) in [5, 5.41) is 23.5. The molecule has 0 saturated carbocycles. The summed E-state index contributed by atoms with van der Waals surface area (Å²) in [7, 11) is 0. The molecule has 3 N–H and O–H groups in total. The average Bonchev–Trinajstić information content (AvgIpc) is 2.89. The Hall–Kier alpha value is -2.80. The number of nitrogens with zero attached hydrogens (tertiary/aromatic N) is 2. The first-order chi connectivity index (χ1) is 10.5. The average molecular weight is 320 g/mol. The lowest BCUT2D eigenvalue weighted by Gasteiger charge is -2.07. The molecule has 0 unspecified atom stereocenters. The highest BCUT2D eigenvalue weighted by Gasteiger charge is 2.19. The van der Waals surface area contributed by atoms with E-state index in [4.69, 9.17) is 16.7 Å². The van der Waals surface area contributed by atoms with Crippen molar-refractivity contribution in [2.75, 3.05) is 0 Å². The number of H-pyrrole nitrogens is 1. The van der Waals surface area contributed by atoms with Crippen molar-refractivity contribution in [2.24, 2.45) is 0 Å². The third-order valence-electron chi connectivity index (χ3n) is 3.30. The predicted octanol–water partition coefficient (Wildman–Crippen LogP) is 1.67. The van der Waals surface area contributed by atoms with Crippen LogP contribution >= 0.6 is 11.6 Å². The minimum absolute atomic E-state index is 0.0561. The summed E-state index contributed by atoms with van der Waals surface area (Å²) in [5.74, 6) is -1.66. The van der Waals surface area contributed by atoms with E-state index in [0.717, 1.165) is 10.7 Å². The second-order valence-electron chi connectivity index (χ2n) is 4.65. The first kappa shape index (κ1) is 14.2. The first-order valence-electron chi connectivity index (χ1n) is 6.27. The molecule has 0 saturated heterocycles. The Labute approximate surface area is 128 Å². The number of aromatic amines is 1. The topological polar surface area (TPSA) is 108 Å². The number of carbonyl (C=O) groups is 1. The Kier molecular flexibility index (Phi) is 3.34. The third-order valence-corrected chi connectivity index (χ3v) is 3.67. The van der Waals surface area contributed by atoms with Gasteiger partial charge in [0.25, 0.3) is 5.56 Å². The maximum Gasteiger partial charge on any atom is 0.341 e. The van der Waals surface area contributed by atoms with Gasteiger partial charge in [0.1, 0.15) is 5.56 Å². The standard InChI is InChI=1S/C14H10ClN3O4/c15-10-4-2-1-3-7(10)5-8-12(19)17-11-9(14(21)22)6-16-18(11)13(8)20/h1-4,6,20H,5H2,(H,17,19)(H,21,22). The van der Waals surface area contributed by atoms with Gasteiger partial charge in [0, 0.05) is 11.4 Å². The summed E-state index contributed by atoms with van der Waals surface area (Å²) < 4.78 is 0.983. The van der Waals surface area contributed by atoms with Crippen molar-refractivity contribution in [3.05, 3.63) is 62.5 Å². The molecule has 2 aromatic heterocycles. The zero-order valence-electron chi connectivity index (χ0n) is 11.1. The van der Waals surface area contributed by atoms with Gasteiger partial charge in [0.15, 0.2) is 5.65 Å². The van der Waals surface area contributed by atoms with Gasteiger partial charge in [-0.05, 0) is 11.6 Å². The van der Waals surface area contributed by atoms with Crippen LogP contribution in [0.2, 0.25) is 5.02 Å². The van der Waals surface area contributed by atoms with Gasteiger partial charge < -0.3 is 15.2 Å². The molecule has 3 rings (SSSR count). The first-order valence-corrected chi connectivity index (χ1v) is 6.65. The summed E-state index contributed by atoms with van der Waals surface area (Å²) in [6.07, 6.45) is 1.16. The van der Waals surface area contributed by atoms with E-state index in [0.29, 0.717) is 10.6 Å². The van der Waals surface area contributed by atoms with Crippen molar-refractivity contribution >= 4 is 23.2 Å². The highest BCUT2D eigenvalue weighted by Crippen LogP contribution is 2.23. The van der Waals surface area contributed by atoms with E-state index >= 15 is 0 Å². The van der Waals surface area contributed by atoms with E-state index in [1.807, 2.05) is 0 Å².